The van der Waals surface area contributed by atoms with E-state index in [2.05, 4.69) is 59.6 Å². The number of nitrogen functional groups attached to an aromatic ring is 1. The lowest BCUT2D eigenvalue weighted by Gasteiger charge is -2.42. The summed E-state index contributed by atoms with van der Waals surface area (Å²) in [4.78, 5) is 12.8. The predicted octanol–water partition coefficient (Wildman–Crippen LogP) is 5.30. The standard InChI is InChI=1S/C26H43N5O/c1-19(12-16-31-18-30(6)24-22(31)23(27)28-17-29-24)9-8-13-25(4,32)14-15-26(5)20(2)10-7-11-21(26)3/h10,12,17,21,32H,7-9,11,13-16,18H2,1-6H3,(H2,27,28,29)/t21-,25?,26-/m0/s1. The Bertz CT molecular complexity index is 862. The van der Waals surface area contributed by atoms with Gasteiger partial charge in [0, 0.05) is 13.6 Å². The number of fused-ring (bicyclic) bond motifs is 1. The van der Waals surface area contributed by atoms with E-state index in [0.29, 0.717) is 11.7 Å². The van der Waals surface area contributed by atoms with Gasteiger partial charge in [0.1, 0.15) is 12.0 Å². The first-order chi connectivity index (χ1) is 15.0. The van der Waals surface area contributed by atoms with E-state index in [1.165, 1.54) is 30.3 Å². The summed E-state index contributed by atoms with van der Waals surface area (Å²) >= 11 is 0. The van der Waals surface area contributed by atoms with Crippen LogP contribution in [0.5, 0.6) is 0 Å². The molecule has 0 amide bonds. The van der Waals surface area contributed by atoms with Crippen LogP contribution in [0.25, 0.3) is 0 Å². The number of allylic oxidation sites excluding steroid dienone is 3. The molecule has 0 aromatic carbocycles. The highest BCUT2D eigenvalue weighted by molar-refractivity contribution is 5.81. The van der Waals surface area contributed by atoms with Gasteiger partial charge in [-0.1, -0.05) is 37.1 Å². The van der Waals surface area contributed by atoms with Crippen LogP contribution in [0, 0.1) is 11.3 Å². The first kappa shape index (κ1) is 24.6. The van der Waals surface area contributed by atoms with Crippen molar-refractivity contribution in [3.8, 4) is 0 Å². The fourth-order valence-electron chi connectivity index (χ4n) is 5.21. The Kier molecular flexibility index (Phi) is 7.53. The molecule has 6 heteroatoms. The smallest absolute Gasteiger partial charge is 0.159 e. The summed E-state index contributed by atoms with van der Waals surface area (Å²) in [5.74, 6) is 2.11. The zero-order valence-corrected chi connectivity index (χ0v) is 21.0. The molecule has 1 aromatic heterocycles. The van der Waals surface area contributed by atoms with Crippen LogP contribution in [-0.4, -0.2) is 40.9 Å². The Morgan fingerprint density at radius 3 is 2.84 bits per heavy atom. The van der Waals surface area contributed by atoms with Crippen molar-refractivity contribution in [2.24, 2.45) is 11.3 Å². The summed E-state index contributed by atoms with van der Waals surface area (Å²) in [6.07, 6.45) is 13.4. The molecule has 0 saturated carbocycles. The number of anilines is 3. The Morgan fingerprint density at radius 1 is 1.38 bits per heavy atom. The van der Waals surface area contributed by atoms with Crippen LogP contribution >= 0.6 is 0 Å². The van der Waals surface area contributed by atoms with Gasteiger partial charge in [0.05, 0.1) is 12.3 Å². The SMILES string of the molecule is CC(=CCN1CN(C)c2ncnc(N)c21)CCCC(C)(O)CC[C@@]1(C)C(C)=CCC[C@@H]1C. The van der Waals surface area contributed by atoms with Crippen molar-refractivity contribution in [2.75, 3.05) is 35.8 Å². The lowest BCUT2D eigenvalue weighted by Crippen LogP contribution is -2.33. The second-order valence-electron chi connectivity index (χ2n) is 10.7. The van der Waals surface area contributed by atoms with E-state index >= 15 is 0 Å². The van der Waals surface area contributed by atoms with Gasteiger partial charge >= 0.3 is 0 Å². The van der Waals surface area contributed by atoms with Crippen molar-refractivity contribution in [2.45, 2.75) is 85.2 Å². The third-order valence-corrected chi connectivity index (χ3v) is 8.06. The number of nitrogens with two attached hydrogens (primary N) is 1. The monoisotopic (exact) mass is 441 g/mol. The second kappa shape index (κ2) is 9.82. The number of nitrogens with zero attached hydrogens (tertiary/aromatic N) is 4. The molecule has 2 aliphatic rings. The normalized spacial score (nSPS) is 25.5. The van der Waals surface area contributed by atoms with E-state index in [4.69, 9.17) is 5.73 Å². The van der Waals surface area contributed by atoms with Crippen LogP contribution in [0.2, 0.25) is 0 Å². The summed E-state index contributed by atoms with van der Waals surface area (Å²) < 4.78 is 0. The maximum atomic E-state index is 11.0. The second-order valence-corrected chi connectivity index (χ2v) is 10.7. The Morgan fingerprint density at radius 2 is 2.12 bits per heavy atom. The summed E-state index contributed by atoms with van der Waals surface area (Å²) in [6.45, 7) is 12.8. The van der Waals surface area contributed by atoms with E-state index in [0.717, 1.165) is 56.8 Å². The largest absolute Gasteiger partial charge is 0.390 e. The van der Waals surface area contributed by atoms with Crippen molar-refractivity contribution in [1.29, 1.82) is 0 Å². The first-order valence-corrected chi connectivity index (χ1v) is 12.2. The fourth-order valence-corrected chi connectivity index (χ4v) is 5.21. The maximum Gasteiger partial charge on any atom is 0.159 e. The van der Waals surface area contributed by atoms with E-state index in [9.17, 15) is 5.11 Å². The lowest BCUT2D eigenvalue weighted by molar-refractivity contribution is 0.0230. The minimum atomic E-state index is -0.608. The number of aliphatic hydroxyl groups is 1. The zero-order valence-electron chi connectivity index (χ0n) is 21.0. The third kappa shape index (κ3) is 5.45. The summed E-state index contributed by atoms with van der Waals surface area (Å²) in [5, 5.41) is 11.0. The molecule has 0 bridgehead atoms. The third-order valence-electron chi connectivity index (χ3n) is 8.06. The van der Waals surface area contributed by atoms with Crippen LogP contribution in [-0.2, 0) is 0 Å². The average molecular weight is 442 g/mol. The van der Waals surface area contributed by atoms with E-state index in [1.807, 2.05) is 14.0 Å². The number of aromatic nitrogens is 2. The molecule has 32 heavy (non-hydrogen) atoms. The minimum Gasteiger partial charge on any atom is -0.390 e. The molecule has 0 spiro atoms. The highest BCUT2D eigenvalue weighted by Gasteiger charge is 2.36. The van der Waals surface area contributed by atoms with Gasteiger partial charge in [0.2, 0.25) is 0 Å². The maximum absolute atomic E-state index is 11.0. The molecule has 178 valence electrons. The van der Waals surface area contributed by atoms with Crippen molar-refractivity contribution in [1.82, 2.24) is 9.97 Å². The summed E-state index contributed by atoms with van der Waals surface area (Å²) in [6, 6.07) is 0. The van der Waals surface area contributed by atoms with Crippen LogP contribution in [0.1, 0.15) is 79.6 Å². The molecule has 3 rings (SSSR count). The van der Waals surface area contributed by atoms with Crippen molar-refractivity contribution in [3.05, 3.63) is 29.6 Å². The Balaban J connectivity index is 1.47. The van der Waals surface area contributed by atoms with Crippen molar-refractivity contribution >= 4 is 17.3 Å². The van der Waals surface area contributed by atoms with Crippen LogP contribution < -0.4 is 15.5 Å². The molecule has 1 aliphatic carbocycles. The number of rotatable bonds is 9. The summed E-state index contributed by atoms with van der Waals surface area (Å²) in [7, 11) is 2.02. The molecule has 0 fully saturated rings. The highest BCUT2D eigenvalue weighted by Crippen LogP contribution is 2.46. The molecule has 6 nitrogen and oxygen atoms in total. The van der Waals surface area contributed by atoms with Crippen LogP contribution in [0.4, 0.5) is 17.3 Å². The lowest BCUT2D eigenvalue weighted by atomic mass is 9.64. The van der Waals surface area contributed by atoms with Gasteiger partial charge in [-0.2, -0.15) is 0 Å². The van der Waals surface area contributed by atoms with Gasteiger partial charge in [-0.25, -0.2) is 9.97 Å². The quantitative estimate of drug-likeness (QED) is 0.506. The number of hydrogen-bond donors (Lipinski definition) is 2. The summed E-state index contributed by atoms with van der Waals surface area (Å²) in [5.41, 5.74) is 9.49. The van der Waals surface area contributed by atoms with Crippen molar-refractivity contribution in [3.63, 3.8) is 0 Å². The molecule has 1 unspecified atom stereocenters. The molecule has 0 saturated heterocycles. The molecular formula is C26H43N5O. The highest BCUT2D eigenvalue weighted by atomic mass is 16.3. The van der Waals surface area contributed by atoms with E-state index < -0.39 is 5.60 Å². The van der Waals surface area contributed by atoms with Gasteiger partial charge in [0.15, 0.2) is 11.6 Å². The van der Waals surface area contributed by atoms with Gasteiger partial charge < -0.3 is 20.6 Å². The van der Waals surface area contributed by atoms with E-state index in [1.54, 1.807) is 0 Å². The van der Waals surface area contributed by atoms with Gasteiger partial charge in [-0.05, 0) is 77.0 Å². The van der Waals surface area contributed by atoms with Gasteiger partial charge in [-0.3, -0.25) is 0 Å². The van der Waals surface area contributed by atoms with Crippen molar-refractivity contribution < 1.29 is 5.11 Å². The van der Waals surface area contributed by atoms with E-state index in [-0.39, 0.29) is 5.41 Å². The average Bonchev–Trinajstić information content (AvgIpc) is 3.06. The fraction of sp³-hybridized carbons (Fsp3) is 0.692. The Hall–Kier alpha value is -2.08. The number of hydrogen-bond acceptors (Lipinski definition) is 6. The van der Waals surface area contributed by atoms with Gasteiger partial charge in [0.25, 0.3) is 0 Å². The predicted molar refractivity (Wildman–Crippen MR) is 135 cm³/mol. The van der Waals surface area contributed by atoms with Gasteiger partial charge in [-0.15, -0.1) is 0 Å². The molecule has 2 heterocycles. The zero-order chi connectivity index (χ0) is 23.5. The molecule has 3 atom stereocenters. The molecule has 0 radical (unpaired) electrons. The topological polar surface area (TPSA) is 78.5 Å². The molecule has 1 aliphatic heterocycles. The minimum absolute atomic E-state index is 0.225. The molecular weight excluding hydrogens is 398 g/mol. The Labute approximate surface area is 194 Å². The van der Waals surface area contributed by atoms with Crippen LogP contribution in [0.15, 0.2) is 29.6 Å². The molecule has 1 aromatic rings. The molecule has 3 N–H and O–H groups in total. The first-order valence-electron chi connectivity index (χ1n) is 12.2. The van der Waals surface area contributed by atoms with Crippen LogP contribution in [0.3, 0.4) is 0 Å².